The zero-order chi connectivity index (χ0) is 19.1. The average Bonchev–Trinajstić information content (AvgIpc) is 2.86. The molecule has 140 valence electrons. The molecule has 0 bridgehead atoms. The van der Waals surface area contributed by atoms with E-state index in [-0.39, 0.29) is 18.5 Å². The normalized spacial score (nSPS) is 17.0. The quantitative estimate of drug-likeness (QED) is 0.800. The van der Waals surface area contributed by atoms with Gasteiger partial charge >= 0.3 is 6.18 Å². The molecule has 2 heterocycles. The largest absolute Gasteiger partial charge is 0.433 e. The molecule has 0 radical (unpaired) electrons. The SMILES string of the molecule is Cc1c(Cc2ccc(C(F)(F)F)nc2)c[nH]c1C(=O)NC1CC(F)(F)C1. The Hall–Kier alpha value is -2.45. The van der Waals surface area contributed by atoms with Crippen LogP contribution < -0.4 is 5.32 Å². The second kappa shape index (κ2) is 6.37. The Balaban J connectivity index is 1.66. The Labute approximate surface area is 145 Å². The minimum absolute atomic E-state index is 0.259. The highest BCUT2D eigenvalue weighted by Crippen LogP contribution is 2.37. The van der Waals surface area contributed by atoms with Gasteiger partial charge in [-0.3, -0.25) is 9.78 Å². The van der Waals surface area contributed by atoms with Crippen molar-refractivity contribution in [2.24, 2.45) is 0 Å². The number of hydrogen-bond acceptors (Lipinski definition) is 2. The first kappa shape index (κ1) is 18.3. The topological polar surface area (TPSA) is 57.8 Å². The Bertz CT molecular complexity index is 803. The predicted octanol–water partition coefficient (Wildman–Crippen LogP) is 3.86. The van der Waals surface area contributed by atoms with Gasteiger partial charge in [-0.2, -0.15) is 13.2 Å². The molecular weight excluding hydrogens is 357 g/mol. The minimum atomic E-state index is -4.49. The number of amides is 1. The van der Waals surface area contributed by atoms with Crippen molar-refractivity contribution in [3.8, 4) is 0 Å². The molecule has 0 spiro atoms. The van der Waals surface area contributed by atoms with E-state index in [1.807, 2.05) is 0 Å². The molecular formula is C17H16F5N3O. The van der Waals surface area contributed by atoms with Gasteiger partial charge in [0.05, 0.1) is 0 Å². The number of hydrogen-bond donors (Lipinski definition) is 2. The Morgan fingerprint density at radius 2 is 2.04 bits per heavy atom. The lowest BCUT2D eigenvalue weighted by atomic mass is 9.88. The number of halogens is 5. The van der Waals surface area contributed by atoms with E-state index in [2.05, 4.69) is 15.3 Å². The van der Waals surface area contributed by atoms with Gasteiger partial charge in [-0.1, -0.05) is 6.07 Å². The maximum atomic E-state index is 12.8. The molecule has 4 nitrogen and oxygen atoms in total. The molecule has 1 aliphatic rings. The monoisotopic (exact) mass is 373 g/mol. The van der Waals surface area contributed by atoms with Crippen LogP contribution in [0.15, 0.2) is 24.5 Å². The average molecular weight is 373 g/mol. The number of alkyl halides is 5. The van der Waals surface area contributed by atoms with E-state index in [0.717, 1.165) is 17.8 Å². The summed E-state index contributed by atoms with van der Waals surface area (Å²) in [5, 5.41) is 2.54. The molecule has 0 unspecified atom stereocenters. The van der Waals surface area contributed by atoms with E-state index in [4.69, 9.17) is 0 Å². The van der Waals surface area contributed by atoms with Gasteiger partial charge in [0, 0.05) is 37.7 Å². The zero-order valence-corrected chi connectivity index (χ0v) is 13.8. The van der Waals surface area contributed by atoms with Crippen LogP contribution in [0.25, 0.3) is 0 Å². The van der Waals surface area contributed by atoms with Gasteiger partial charge in [0.25, 0.3) is 11.8 Å². The van der Waals surface area contributed by atoms with E-state index in [1.165, 1.54) is 6.07 Å². The summed E-state index contributed by atoms with van der Waals surface area (Å²) in [7, 11) is 0. The van der Waals surface area contributed by atoms with Crippen molar-refractivity contribution >= 4 is 5.91 Å². The second-order valence-corrected chi connectivity index (χ2v) is 6.47. The first-order valence-corrected chi connectivity index (χ1v) is 7.93. The molecule has 0 atom stereocenters. The highest BCUT2D eigenvalue weighted by Gasteiger charge is 2.46. The van der Waals surface area contributed by atoms with Gasteiger partial charge in [-0.05, 0) is 29.7 Å². The molecule has 9 heteroatoms. The molecule has 0 aromatic carbocycles. The third-order valence-corrected chi connectivity index (χ3v) is 4.41. The molecule has 1 fully saturated rings. The zero-order valence-electron chi connectivity index (χ0n) is 13.8. The minimum Gasteiger partial charge on any atom is -0.357 e. The van der Waals surface area contributed by atoms with Crippen molar-refractivity contribution in [1.29, 1.82) is 0 Å². The number of carbonyl (C=O) groups is 1. The van der Waals surface area contributed by atoms with Crippen LogP contribution in [0.4, 0.5) is 22.0 Å². The molecule has 0 saturated heterocycles. The fourth-order valence-electron chi connectivity index (χ4n) is 2.89. The van der Waals surface area contributed by atoms with Gasteiger partial charge in [0.15, 0.2) is 0 Å². The molecule has 2 aromatic rings. The van der Waals surface area contributed by atoms with Gasteiger partial charge in [-0.15, -0.1) is 0 Å². The number of carbonyl (C=O) groups excluding carboxylic acids is 1. The van der Waals surface area contributed by atoms with Gasteiger partial charge in [-0.25, -0.2) is 8.78 Å². The summed E-state index contributed by atoms with van der Waals surface area (Å²) >= 11 is 0. The van der Waals surface area contributed by atoms with Gasteiger partial charge in [0.2, 0.25) is 0 Å². The molecule has 1 aliphatic carbocycles. The summed E-state index contributed by atoms with van der Waals surface area (Å²) in [4.78, 5) is 18.4. The standard InChI is InChI=1S/C17H16F5N3O/c1-9-11(4-10-2-3-13(23-7-10)17(20,21)22)8-24-14(9)15(26)25-12-5-16(18,19)6-12/h2-3,7-8,12,24H,4-6H2,1H3,(H,25,26). The van der Waals surface area contributed by atoms with Crippen molar-refractivity contribution in [1.82, 2.24) is 15.3 Å². The van der Waals surface area contributed by atoms with Gasteiger partial charge < -0.3 is 10.3 Å². The van der Waals surface area contributed by atoms with Crippen LogP contribution in [-0.4, -0.2) is 27.8 Å². The lowest BCUT2D eigenvalue weighted by molar-refractivity contribution is -0.141. The van der Waals surface area contributed by atoms with Gasteiger partial charge in [0.1, 0.15) is 11.4 Å². The van der Waals surface area contributed by atoms with Crippen molar-refractivity contribution in [3.05, 3.63) is 52.6 Å². The number of H-pyrrole nitrogens is 1. The molecule has 26 heavy (non-hydrogen) atoms. The van der Waals surface area contributed by atoms with Crippen molar-refractivity contribution < 1.29 is 26.7 Å². The molecule has 3 rings (SSSR count). The Morgan fingerprint density at radius 3 is 2.58 bits per heavy atom. The maximum absolute atomic E-state index is 12.8. The number of nitrogens with one attached hydrogen (secondary N) is 2. The number of pyridine rings is 1. The number of aromatic amines is 1. The van der Waals surface area contributed by atoms with Crippen molar-refractivity contribution in [3.63, 3.8) is 0 Å². The third kappa shape index (κ3) is 3.86. The van der Waals surface area contributed by atoms with Crippen LogP contribution in [0.3, 0.4) is 0 Å². The molecule has 2 N–H and O–H groups in total. The van der Waals surface area contributed by atoms with Crippen LogP contribution in [-0.2, 0) is 12.6 Å². The van der Waals surface area contributed by atoms with Crippen molar-refractivity contribution in [2.75, 3.05) is 0 Å². The molecule has 1 amide bonds. The predicted molar refractivity (Wildman–Crippen MR) is 83.0 cm³/mol. The van der Waals surface area contributed by atoms with E-state index in [0.29, 0.717) is 17.5 Å². The van der Waals surface area contributed by atoms with E-state index >= 15 is 0 Å². The summed E-state index contributed by atoms with van der Waals surface area (Å²) in [5.74, 6) is -3.19. The van der Waals surface area contributed by atoms with Crippen molar-refractivity contribution in [2.45, 2.75) is 44.3 Å². The second-order valence-electron chi connectivity index (χ2n) is 6.47. The first-order valence-electron chi connectivity index (χ1n) is 7.93. The number of nitrogens with zero attached hydrogens (tertiary/aromatic N) is 1. The van der Waals surface area contributed by atoms with Crippen LogP contribution >= 0.6 is 0 Å². The summed E-state index contributed by atoms with van der Waals surface area (Å²) < 4.78 is 63.3. The fraction of sp³-hybridized carbons (Fsp3) is 0.412. The molecule has 1 saturated carbocycles. The van der Waals surface area contributed by atoms with E-state index in [9.17, 15) is 26.7 Å². The summed E-state index contributed by atoms with van der Waals surface area (Å²) in [6.07, 6.45) is -2.22. The smallest absolute Gasteiger partial charge is 0.357 e. The lowest BCUT2D eigenvalue weighted by Crippen LogP contribution is -2.50. The summed E-state index contributed by atoms with van der Waals surface area (Å²) in [6, 6.07) is 1.68. The first-order chi connectivity index (χ1) is 12.0. The van der Waals surface area contributed by atoms with E-state index in [1.54, 1.807) is 13.1 Å². The van der Waals surface area contributed by atoms with Crippen LogP contribution in [0, 0.1) is 6.92 Å². The third-order valence-electron chi connectivity index (χ3n) is 4.41. The fourth-order valence-corrected chi connectivity index (χ4v) is 2.89. The highest BCUT2D eigenvalue weighted by molar-refractivity contribution is 5.94. The van der Waals surface area contributed by atoms with Crippen LogP contribution in [0.1, 0.15) is 45.7 Å². The molecule has 2 aromatic heterocycles. The Kier molecular flexibility index (Phi) is 4.49. The highest BCUT2D eigenvalue weighted by atomic mass is 19.4. The van der Waals surface area contributed by atoms with E-state index < -0.39 is 29.7 Å². The lowest BCUT2D eigenvalue weighted by Gasteiger charge is -2.35. The Morgan fingerprint density at radius 1 is 1.35 bits per heavy atom. The molecule has 0 aliphatic heterocycles. The maximum Gasteiger partial charge on any atom is 0.433 e. The summed E-state index contributed by atoms with van der Waals surface area (Å²) in [5.41, 5.74) is 1.19. The summed E-state index contributed by atoms with van der Waals surface area (Å²) in [6.45, 7) is 1.69. The number of aromatic nitrogens is 2. The van der Waals surface area contributed by atoms with Crippen LogP contribution in [0.5, 0.6) is 0 Å². The number of rotatable bonds is 4. The van der Waals surface area contributed by atoms with Crippen LogP contribution in [0.2, 0.25) is 0 Å².